The molecule has 1 atom stereocenters. The van der Waals surface area contributed by atoms with Gasteiger partial charge < -0.3 is 4.74 Å². The topological polar surface area (TPSA) is 26.3 Å². The molecule has 0 aliphatic heterocycles. The van der Waals surface area contributed by atoms with E-state index in [2.05, 4.69) is 32.9 Å². The molecule has 1 aliphatic rings. The van der Waals surface area contributed by atoms with Gasteiger partial charge >= 0.3 is 5.97 Å². The maximum Gasteiger partial charge on any atom is 0.331 e. The van der Waals surface area contributed by atoms with E-state index in [0.29, 0.717) is 6.61 Å². The standard InChI is InChI=1S/C20H32O2/c1-5-16(6-2)10-9-11-17(7-3)12-18-13-19(14-18)15-20(21)22-8-4/h10,13,15,17H,5-9,11-12,14H2,1-4H3/b19-15-. The molecule has 0 N–H and O–H groups in total. The molecule has 22 heavy (non-hydrogen) atoms. The van der Waals surface area contributed by atoms with Crippen LogP contribution in [0.15, 0.2) is 34.9 Å². The highest BCUT2D eigenvalue weighted by atomic mass is 16.5. The van der Waals surface area contributed by atoms with Crippen molar-refractivity contribution in [3.8, 4) is 0 Å². The summed E-state index contributed by atoms with van der Waals surface area (Å²) in [7, 11) is 0. The molecule has 1 unspecified atom stereocenters. The van der Waals surface area contributed by atoms with Crippen LogP contribution in [0.2, 0.25) is 0 Å². The van der Waals surface area contributed by atoms with E-state index in [1.807, 2.05) is 6.92 Å². The predicted molar refractivity (Wildman–Crippen MR) is 93.7 cm³/mol. The van der Waals surface area contributed by atoms with Gasteiger partial charge in [0.1, 0.15) is 0 Å². The normalized spacial score (nSPS) is 16.7. The molecule has 1 rings (SSSR count). The van der Waals surface area contributed by atoms with Gasteiger partial charge in [-0.15, -0.1) is 0 Å². The summed E-state index contributed by atoms with van der Waals surface area (Å²) in [4.78, 5) is 11.4. The zero-order chi connectivity index (χ0) is 16.4. The Hall–Kier alpha value is -1.31. The van der Waals surface area contributed by atoms with E-state index in [-0.39, 0.29) is 5.97 Å². The first-order chi connectivity index (χ1) is 10.6. The molecule has 0 heterocycles. The van der Waals surface area contributed by atoms with Crippen molar-refractivity contribution in [1.82, 2.24) is 0 Å². The number of rotatable bonds is 10. The fourth-order valence-corrected chi connectivity index (χ4v) is 2.94. The molecule has 0 bridgehead atoms. The lowest BCUT2D eigenvalue weighted by Gasteiger charge is -2.23. The SMILES string of the molecule is CCOC(=O)/C=C1/C=C(CC(CC)CCC=C(CC)CC)C1. The van der Waals surface area contributed by atoms with Crippen molar-refractivity contribution in [1.29, 1.82) is 0 Å². The largest absolute Gasteiger partial charge is 0.463 e. The van der Waals surface area contributed by atoms with Crippen LogP contribution in [0.3, 0.4) is 0 Å². The first kappa shape index (κ1) is 18.7. The van der Waals surface area contributed by atoms with Crippen molar-refractivity contribution >= 4 is 5.97 Å². The van der Waals surface area contributed by atoms with E-state index in [4.69, 9.17) is 4.74 Å². The van der Waals surface area contributed by atoms with Crippen molar-refractivity contribution in [3.63, 3.8) is 0 Å². The summed E-state index contributed by atoms with van der Waals surface area (Å²) in [6.45, 7) is 9.04. The molecule has 0 spiro atoms. The van der Waals surface area contributed by atoms with E-state index < -0.39 is 0 Å². The van der Waals surface area contributed by atoms with Gasteiger partial charge in [0.15, 0.2) is 0 Å². The van der Waals surface area contributed by atoms with Crippen molar-refractivity contribution in [2.75, 3.05) is 6.61 Å². The van der Waals surface area contributed by atoms with E-state index in [1.54, 1.807) is 11.6 Å². The Bertz CT molecular complexity index is 435. The Kier molecular flexibility index (Phi) is 8.88. The molecule has 0 saturated carbocycles. The molecule has 1 aliphatic carbocycles. The van der Waals surface area contributed by atoms with E-state index in [0.717, 1.165) is 17.9 Å². The number of hydrogen-bond acceptors (Lipinski definition) is 2. The molecule has 0 aromatic carbocycles. The quantitative estimate of drug-likeness (QED) is 0.292. The third kappa shape index (κ3) is 6.64. The van der Waals surface area contributed by atoms with Gasteiger partial charge in [-0.1, -0.05) is 50.5 Å². The lowest BCUT2D eigenvalue weighted by molar-refractivity contribution is -0.137. The molecule has 0 aromatic rings. The molecule has 0 fully saturated rings. The van der Waals surface area contributed by atoms with Gasteiger partial charge in [-0.2, -0.15) is 0 Å². The van der Waals surface area contributed by atoms with Crippen LogP contribution >= 0.6 is 0 Å². The van der Waals surface area contributed by atoms with E-state index >= 15 is 0 Å². The average Bonchev–Trinajstić information content (AvgIpc) is 2.47. The van der Waals surface area contributed by atoms with Crippen LogP contribution in [-0.4, -0.2) is 12.6 Å². The molecule has 0 aromatic heterocycles. The summed E-state index contributed by atoms with van der Waals surface area (Å²) in [5.74, 6) is 0.554. The molecule has 2 nitrogen and oxygen atoms in total. The number of carbonyl (C=O) groups excluding carboxylic acids is 1. The average molecular weight is 304 g/mol. The van der Waals surface area contributed by atoms with Crippen molar-refractivity contribution in [3.05, 3.63) is 34.9 Å². The minimum Gasteiger partial charge on any atom is -0.463 e. The van der Waals surface area contributed by atoms with Gasteiger partial charge in [0.05, 0.1) is 6.61 Å². The summed E-state index contributed by atoms with van der Waals surface area (Å²) in [5, 5.41) is 0. The number of carbonyl (C=O) groups is 1. The van der Waals surface area contributed by atoms with Crippen LogP contribution in [0.4, 0.5) is 0 Å². The Labute approximate surface area is 136 Å². The van der Waals surface area contributed by atoms with Gasteiger partial charge in [0, 0.05) is 6.08 Å². The zero-order valence-corrected chi connectivity index (χ0v) is 14.8. The van der Waals surface area contributed by atoms with E-state index in [1.165, 1.54) is 44.1 Å². The number of esters is 1. The maximum absolute atomic E-state index is 11.4. The van der Waals surface area contributed by atoms with Crippen LogP contribution in [-0.2, 0) is 9.53 Å². The van der Waals surface area contributed by atoms with Crippen molar-refractivity contribution in [2.45, 2.75) is 72.6 Å². The van der Waals surface area contributed by atoms with Gasteiger partial charge in [-0.3, -0.25) is 0 Å². The van der Waals surface area contributed by atoms with Crippen molar-refractivity contribution < 1.29 is 9.53 Å². The summed E-state index contributed by atoms with van der Waals surface area (Å²) in [6.07, 6.45) is 14.4. The van der Waals surface area contributed by atoms with E-state index in [9.17, 15) is 4.79 Å². The van der Waals surface area contributed by atoms with Crippen LogP contribution < -0.4 is 0 Å². The van der Waals surface area contributed by atoms with Crippen LogP contribution in [0, 0.1) is 5.92 Å². The second-order valence-electron chi connectivity index (χ2n) is 6.08. The minimum absolute atomic E-state index is 0.211. The third-order valence-electron chi connectivity index (χ3n) is 4.45. The number of ether oxygens (including phenoxy) is 1. The molecule has 2 heteroatoms. The lowest BCUT2D eigenvalue weighted by atomic mass is 9.83. The van der Waals surface area contributed by atoms with Gasteiger partial charge in [0.25, 0.3) is 0 Å². The molecule has 0 radical (unpaired) electrons. The highest BCUT2D eigenvalue weighted by Gasteiger charge is 2.17. The highest BCUT2D eigenvalue weighted by Crippen LogP contribution is 2.33. The molecular weight excluding hydrogens is 272 g/mol. The Morgan fingerprint density at radius 2 is 1.95 bits per heavy atom. The summed E-state index contributed by atoms with van der Waals surface area (Å²) < 4.78 is 4.93. The monoisotopic (exact) mass is 304 g/mol. The molecular formula is C20H32O2. The summed E-state index contributed by atoms with van der Waals surface area (Å²) >= 11 is 0. The fourth-order valence-electron chi connectivity index (χ4n) is 2.94. The Morgan fingerprint density at radius 3 is 2.50 bits per heavy atom. The Balaban J connectivity index is 2.39. The first-order valence-electron chi connectivity index (χ1n) is 8.87. The smallest absolute Gasteiger partial charge is 0.331 e. The fraction of sp³-hybridized carbons (Fsp3) is 0.650. The van der Waals surface area contributed by atoms with Gasteiger partial charge in [0.2, 0.25) is 0 Å². The maximum atomic E-state index is 11.4. The number of hydrogen-bond donors (Lipinski definition) is 0. The predicted octanol–water partition coefficient (Wildman–Crippen LogP) is 5.75. The summed E-state index contributed by atoms with van der Waals surface area (Å²) in [5.41, 5.74) is 4.18. The van der Waals surface area contributed by atoms with Crippen LogP contribution in [0.5, 0.6) is 0 Å². The van der Waals surface area contributed by atoms with Gasteiger partial charge in [-0.05, 0) is 56.9 Å². The highest BCUT2D eigenvalue weighted by molar-refractivity contribution is 5.84. The minimum atomic E-state index is -0.211. The third-order valence-corrected chi connectivity index (χ3v) is 4.45. The van der Waals surface area contributed by atoms with Gasteiger partial charge in [-0.25, -0.2) is 4.79 Å². The lowest BCUT2D eigenvalue weighted by Crippen LogP contribution is -2.09. The number of allylic oxidation sites excluding steroid dienone is 5. The molecule has 0 saturated heterocycles. The molecule has 124 valence electrons. The summed E-state index contributed by atoms with van der Waals surface area (Å²) in [6, 6.07) is 0. The Morgan fingerprint density at radius 1 is 1.27 bits per heavy atom. The second kappa shape index (κ2) is 10.4. The molecule has 0 amide bonds. The van der Waals surface area contributed by atoms with Crippen LogP contribution in [0.1, 0.15) is 72.6 Å². The second-order valence-corrected chi connectivity index (χ2v) is 6.08. The first-order valence-corrected chi connectivity index (χ1v) is 8.87. The zero-order valence-electron chi connectivity index (χ0n) is 14.8. The van der Waals surface area contributed by atoms with Crippen LogP contribution in [0.25, 0.3) is 0 Å². The van der Waals surface area contributed by atoms with Crippen molar-refractivity contribution in [2.24, 2.45) is 5.92 Å².